The van der Waals surface area contributed by atoms with Crippen molar-refractivity contribution < 1.29 is 14.3 Å². The molecule has 3 fully saturated rings. The zero-order valence-electron chi connectivity index (χ0n) is 24.6. The number of carbonyl (C=O) groups is 2. The van der Waals surface area contributed by atoms with Gasteiger partial charge in [0.05, 0.1) is 10.7 Å². The van der Waals surface area contributed by atoms with E-state index in [-0.39, 0.29) is 23.7 Å². The Kier molecular flexibility index (Phi) is 7.84. The number of nitrogens with one attached hydrogen (secondary N) is 1. The van der Waals surface area contributed by atoms with E-state index in [1.807, 2.05) is 13.0 Å². The van der Waals surface area contributed by atoms with Crippen LogP contribution in [0, 0.1) is 6.92 Å². The van der Waals surface area contributed by atoms with E-state index in [1.54, 1.807) is 9.90 Å². The number of amides is 2. The summed E-state index contributed by atoms with van der Waals surface area (Å²) < 4.78 is 8.05. The molecule has 0 spiro atoms. The van der Waals surface area contributed by atoms with Crippen molar-refractivity contribution in [3.63, 3.8) is 0 Å². The number of rotatable bonds is 8. The summed E-state index contributed by atoms with van der Waals surface area (Å²) in [7, 11) is 0. The largest absolute Gasteiger partial charge is 0.473 e. The average molecular weight is 637 g/mol. The van der Waals surface area contributed by atoms with Gasteiger partial charge in [-0.25, -0.2) is 19.5 Å². The molecule has 4 aromatic heterocycles. The molecule has 0 unspecified atom stereocenters. The Hall–Kier alpha value is -3.82. The van der Waals surface area contributed by atoms with Gasteiger partial charge in [0.15, 0.2) is 10.7 Å². The van der Waals surface area contributed by atoms with Crippen molar-refractivity contribution in [3.8, 4) is 16.6 Å². The summed E-state index contributed by atoms with van der Waals surface area (Å²) in [6.45, 7) is 5.71. The summed E-state index contributed by atoms with van der Waals surface area (Å²) in [6, 6.07) is 2.54. The lowest BCUT2D eigenvalue weighted by molar-refractivity contribution is 0.0518. The number of likely N-dealkylation sites (tertiary alicyclic amines) is 1. The number of ether oxygens (including phenoxy) is 1. The van der Waals surface area contributed by atoms with Gasteiger partial charge in [0.1, 0.15) is 34.3 Å². The van der Waals surface area contributed by atoms with Crippen molar-refractivity contribution in [2.24, 2.45) is 5.73 Å². The molecular weight excluding hydrogens is 601 g/mol. The van der Waals surface area contributed by atoms with Crippen molar-refractivity contribution >= 4 is 51.5 Å². The second-order valence-electron chi connectivity index (χ2n) is 11.8. The first-order valence-electron chi connectivity index (χ1n) is 15.2. The van der Waals surface area contributed by atoms with Crippen molar-refractivity contribution in [1.29, 1.82) is 0 Å². The molecule has 6 heterocycles. The summed E-state index contributed by atoms with van der Waals surface area (Å²) in [6.07, 6.45) is 8.75. The normalized spacial score (nSPS) is 22.6. The number of fused-ring (bicyclic) bond motifs is 1. The first-order chi connectivity index (χ1) is 21.3. The SMILES string of the molecule is Cc1nc(OC2CCC(N3CCC3)CC2)c(C(=O)N[C@@H]2CCCN(c3cc(-c4nc(C(N)=O)cs4)n4ncnc(N)c34)C2)s1. The van der Waals surface area contributed by atoms with Crippen LogP contribution in [0.3, 0.4) is 0 Å². The zero-order chi connectivity index (χ0) is 30.4. The fraction of sp³-hybridized carbons (Fsp3) is 0.517. The monoisotopic (exact) mass is 636 g/mol. The topological polar surface area (TPSA) is 170 Å². The van der Waals surface area contributed by atoms with Gasteiger partial charge in [-0.1, -0.05) is 0 Å². The maximum Gasteiger partial charge on any atom is 0.268 e. The fourth-order valence-corrected chi connectivity index (χ4v) is 8.10. The number of thiazole rings is 2. The van der Waals surface area contributed by atoms with Crippen LogP contribution in [0.2, 0.25) is 0 Å². The number of piperidine rings is 1. The van der Waals surface area contributed by atoms with Crippen LogP contribution < -0.4 is 26.4 Å². The van der Waals surface area contributed by atoms with E-state index in [0.717, 1.165) is 55.8 Å². The van der Waals surface area contributed by atoms with Gasteiger partial charge in [0.25, 0.3) is 11.8 Å². The number of nitrogens with two attached hydrogens (primary N) is 2. The third kappa shape index (κ3) is 5.59. The lowest BCUT2D eigenvalue weighted by atomic mass is 9.90. The third-order valence-corrected chi connectivity index (χ3v) is 10.7. The summed E-state index contributed by atoms with van der Waals surface area (Å²) in [5.74, 6) is 0.0482. The molecule has 1 atom stereocenters. The summed E-state index contributed by atoms with van der Waals surface area (Å²) in [5, 5.41) is 10.7. The highest BCUT2D eigenvalue weighted by Crippen LogP contribution is 2.37. The van der Waals surface area contributed by atoms with Crippen molar-refractivity contribution in [2.75, 3.05) is 36.8 Å². The summed E-state index contributed by atoms with van der Waals surface area (Å²) in [5.41, 5.74) is 14.2. The van der Waals surface area contributed by atoms with Gasteiger partial charge in [-0.15, -0.1) is 22.7 Å². The van der Waals surface area contributed by atoms with Crippen LogP contribution in [0.15, 0.2) is 17.8 Å². The molecule has 0 aromatic carbocycles. The molecule has 1 saturated carbocycles. The minimum Gasteiger partial charge on any atom is -0.473 e. The Labute approximate surface area is 262 Å². The summed E-state index contributed by atoms with van der Waals surface area (Å²) in [4.78, 5) is 43.8. The Morgan fingerprint density at radius 2 is 1.91 bits per heavy atom. The molecule has 13 nitrogen and oxygen atoms in total. The Morgan fingerprint density at radius 1 is 1.09 bits per heavy atom. The molecule has 4 aromatic rings. The van der Waals surface area contributed by atoms with Crippen LogP contribution in [-0.2, 0) is 0 Å². The average Bonchev–Trinajstić information content (AvgIpc) is 3.71. The van der Waals surface area contributed by atoms with E-state index in [4.69, 9.17) is 16.2 Å². The lowest BCUT2D eigenvalue weighted by Crippen LogP contribution is -2.48. The molecule has 2 aliphatic heterocycles. The number of nitrogen functional groups attached to an aromatic ring is 1. The highest BCUT2D eigenvalue weighted by atomic mass is 32.1. The van der Waals surface area contributed by atoms with Gasteiger partial charge in [0, 0.05) is 30.6 Å². The number of aryl methyl sites for hydroxylation is 1. The van der Waals surface area contributed by atoms with Gasteiger partial charge in [0.2, 0.25) is 5.88 Å². The van der Waals surface area contributed by atoms with Crippen LogP contribution in [0.1, 0.15) is 70.1 Å². The van der Waals surface area contributed by atoms with Crippen molar-refractivity contribution in [2.45, 2.75) is 70.1 Å². The van der Waals surface area contributed by atoms with Crippen LogP contribution in [-0.4, -0.2) is 85.6 Å². The van der Waals surface area contributed by atoms with Gasteiger partial charge >= 0.3 is 0 Å². The Bertz CT molecular complexity index is 1690. The van der Waals surface area contributed by atoms with Gasteiger partial charge < -0.3 is 31.3 Å². The maximum absolute atomic E-state index is 13.6. The van der Waals surface area contributed by atoms with Crippen molar-refractivity contribution in [1.82, 2.24) is 34.8 Å². The second-order valence-corrected chi connectivity index (χ2v) is 13.8. The van der Waals surface area contributed by atoms with Gasteiger partial charge in [-0.05, 0) is 71.0 Å². The molecule has 1 aliphatic carbocycles. The minimum absolute atomic E-state index is 0.0904. The van der Waals surface area contributed by atoms with E-state index in [0.29, 0.717) is 45.4 Å². The van der Waals surface area contributed by atoms with Crippen LogP contribution in [0.4, 0.5) is 11.5 Å². The number of primary amides is 1. The predicted octanol–water partition coefficient (Wildman–Crippen LogP) is 3.09. The first kappa shape index (κ1) is 28.9. The molecule has 15 heteroatoms. The highest BCUT2D eigenvalue weighted by molar-refractivity contribution is 7.14. The molecule has 232 valence electrons. The molecule has 5 N–H and O–H groups in total. The van der Waals surface area contributed by atoms with Gasteiger partial charge in [-0.2, -0.15) is 5.10 Å². The van der Waals surface area contributed by atoms with Crippen LogP contribution in [0.5, 0.6) is 5.88 Å². The van der Waals surface area contributed by atoms with Crippen LogP contribution >= 0.6 is 22.7 Å². The predicted molar refractivity (Wildman–Crippen MR) is 169 cm³/mol. The number of hydrogen-bond donors (Lipinski definition) is 3. The lowest BCUT2D eigenvalue weighted by Gasteiger charge is -2.41. The Balaban J connectivity index is 1.06. The number of aromatic nitrogens is 5. The smallest absolute Gasteiger partial charge is 0.268 e. The molecule has 0 bridgehead atoms. The minimum atomic E-state index is -0.587. The standard InChI is InChI=1S/C29H36N10O3S2/c1-16-34-28(42-19-7-5-18(6-8-19)37-10-3-11-37)24(44-16)27(41)35-17-4-2-9-38(13-17)21-12-22(29-36-20(14-43-29)26(31)40)39-23(21)25(30)32-15-33-39/h12,14-15,17-19H,2-11,13H2,1H3,(H2,31,40)(H,35,41)(H2,30,32,33)/t17-,18?,19?/m1/s1. The fourth-order valence-electron chi connectivity index (χ4n) is 6.53. The van der Waals surface area contributed by atoms with E-state index in [1.165, 1.54) is 48.5 Å². The van der Waals surface area contributed by atoms with Crippen molar-refractivity contribution in [3.05, 3.63) is 33.4 Å². The second kappa shape index (κ2) is 11.9. The van der Waals surface area contributed by atoms with E-state index >= 15 is 0 Å². The molecule has 2 saturated heterocycles. The number of hydrogen-bond acceptors (Lipinski definition) is 12. The van der Waals surface area contributed by atoms with E-state index < -0.39 is 5.91 Å². The molecule has 3 aliphatic rings. The summed E-state index contributed by atoms with van der Waals surface area (Å²) >= 11 is 2.69. The first-order valence-corrected chi connectivity index (χ1v) is 16.9. The van der Waals surface area contributed by atoms with Gasteiger partial charge in [-0.3, -0.25) is 9.59 Å². The maximum atomic E-state index is 13.6. The molecule has 0 radical (unpaired) electrons. The number of anilines is 2. The Morgan fingerprint density at radius 3 is 2.64 bits per heavy atom. The number of carbonyl (C=O) groups excluding carboxylic acids is 2. The quantitative estimate of drug-likeness (QED) is 0.261. The van der Waals surface area contributed by atoms with E-state index in [9.17, 15) is 9.59 Å². The third-order valence-electron chi connectivity index (χ3n) is 8.87. The molecule has 7 rings (SSSR count). The highest BCUT2D eigenvalue weighted by Gasteiger charge is 2.32. The molecule has 2 amide bonds. The van der Waals surface area contributed by atoms with E-state index in [2.05, 4.69) is 35.2 Å². The molecular formula is C29H36N10O3S2. The molecule has 44 heavy (non-hydrogen) atoms. The van der Waals surface area contributed by atoms with Crippen LogP contribution in [0.25, 0.3) is 16.2 Å². The number of nitrogens with zero attached hydrogens (tertiary/aromatic N) is 7. The zero-order valence-corrected chi connectivity index (χ0v) is 26.2.